The SMILES string of the molecule is CCOCC(C)NCc1cncn1C(C)C. The molecule has 1 aromatic heterocycles. The van der Waals surface area contributed by atoms with Crippen LogP contribution in [0.15, 0.2) is 12.5 Å². The number of hydrogen-bond donors (Lipinski definition) is 1. The molecule has 0 aliphatic carbocycles. The van der Waals surface area contributed by atoms with E-state index in [2.05, 4.69) is 35.6 Å². The van der Waals surface area contributed by atoms with E-state index in [4.69, 9.17) is 4.74 Å². The second-order valence-corrected chi connectivity index (χ2v) is 4.33. The summed E-state index contributed by atoms with van der Waals surface area (Å²) in [5.74, 6) is 0. The van der Waals surface area contributed by atoms with Gasteiger partial charge in [-0.05, 0) is 27.7 Å². The van der Waals surface area contributed by atoms with Crippen LogP contribution in [0.4, 0.5) is 0 Å². The monoisotopic (exact) mass is 225 g/mol. The first-order valence-corrected chi connectivity index (χ1v) is 5.97. The Labute approximate surface area is 98.0 Å². The Kier molecular flexibility index (Phi) is 5.49. The summed E-state index contributed by atoms with van der Waals surface area (Å²) in [6.07, 6.45) is 3.80. The van der Waals surface area contributed by atoms with E-state index >= 15 is 0 Å². The minimum Gasteiger partial charge on any atom is -0.380 e. The molecular weight excluding hydrogens is 202 g/mol. The van der Waals surface area contributed by atoms with Gasteiger partial charge in [0.25, 0.3) is 0 Å². The van der Waals surface area contributed by atoms with Gasteiger partial charge in [-0.1, -0.05) is 0 Å². The summed E-state index contributed by atoms with van der Waals surface area (Å²) in [5, 5.41) is 3.43. The van der Waals surface area contributed by atoms with Gasteiger partial charge in [0, 0.05) is 31.4 Å². The van der Waals surface area contributed by atoms with Gasteiger partial charge in [0.1, 0.15) is 0 Å². The lowest BCUT2D eigenvalue weighted by molar-refractivity contribution is 0.126. The third-order valence-electron chi connectivity index (χ3n) is 2.51. The molecule has 0 aliphatic heterocycles. The Morgan fingerprint density at radius 3 is 2.81 bits per heavy atom. The summed E-state index contributed by atoms with van der Waals surface area (Å²) in [7, 11) is 0. The average molecular weight is 225 g/mol. The number of aromatic nitrogens is 2. The normalized spacial score (nSPS) is 13.3. The zero-order valence-electron chi connectivity index (χ0n) is 10.7. The number of nitrogens with one attached hydrogen (secondary N) is 1. The fourth-order valence-corrected chi connectivity index (χ4v) is 1.57. The highest BCUT2D eigenvalue weighted by molar-refractivity contribution is 4.99. The fourth-order valence-electron chi connectivity index (χ4n) is 1.57. The molecule has 1 rings (SSSR count). The van der Waals surface area contributed by atoms with Gasteiger partial charge in [0.2, 0.25) is 0 Å². The molecule has 1 N–H and O–H groups in total. The molecule has 92 valence electrons. The van der Waals surface area contributed by atoms with Crippen molar-refractivity contribution >= 4 is 0 Å². The van der Waals surface area contributed by atoms with Crippen LogP contribution in [0.5, 0.6) is 0 Å². The highest BCUT2D eigenvalue weighted by Gasteiger charge is 2.06. The van der Waals surface area contributed by atoms with E-state index in [1.165, 1.54) is 5.69 Å². The molecule has 1 atom stereocenters. The number of nitrogens with zero attached hydrogens (tertiary/aromatic N) is 2. The van der Waals surface area contributed by atoms with Crippen molar-refractivity contribution in [1.29, 1.82) is 0 Å². The van der Waals surface area contributed by atoms with Crippen LogP contribution in [0.1, 0.15) is 39.4 Å². The number of imidazole rings is 1. The Hall–Kier alpha value is -0.870. The molecule has 1 heterocycles. The Balaban J connectivity index is 2.39. The zero-order valence-corrected chi connectivity index (χ0v) is 10.7. The number of rotatable bonds is 7. The standard InChI is InChI=1S/C12H23N3O/c1-5-16-8-11(4)14-7-12-6-13-9-15(12)10(2)3/h6,9-11,14H,5,7-8H2,1-4H3. The largest absolute Gasteiger partial charge is 0.380 e. The van der Waals surface area contributed by atoms with E-state index < -0.39 is 0 Å². The van der Waals surface area contributed by atoms with Crippen molar-refractivity contribution in [3.63, 3.8) is 0 Å². The van der Waals surface area contributed by atoms with Gasteiger partial charge >= 0.3 is 0 Å². The lowest BCUT2D eigenvalue weighted by atomic mass is 10.3. The van der Waals surface area contributed by atoms with Crippen molar-refractivity contribution in [2.24, 2.45) is 0 Å². The van der Waals surface area contributed by atoms with Gasteiger partial charge in [-0.3, -0.25) is 0 Å². The van der Waals surface area contributed by atoms with Crippen LogP contribution >= 0.6 is 0 Å². The van der Waals surface area contributed by atoms with Crippen LogP contribution in [0.25, 0.3) is 0 Å². The summed E-state index contributed by atoms with van der Waals surface area (Å²) in [6.45, 7) is 10.8. The second-order valence-electron chi connectivity index (χ2n) is 4.33. The average Bonchev–Trinajstić information content (AvgIpc) is 2.71. The molecule has 0 aliphatic rings. The topological polar surface area (TPSA) is 39.1 Å². The van der Waals surface area contributed by atoms with Gasteiger partial charge < -0.3 is 14.6 Å². The molecule has 16 heavy (non-hydrogen) atoms. The third-order valence-corrected chi connectivity index (χ3v) is 2.51. The van der Waals surface area contributed by atoms with E-state index in [-0.39, 0.29) is 0 Å². The molecule has 0 saturated carbocycles. The zero-order chi connectivity index (χ0) is 12.0. The summed E-state index contributed by atoms with van der Waals surface area (Å²) in [6, 6.07) is 0.831. The third kappa shape index (κ3) is 3.94. The smallest absolute Gasteiger partial charge is 0.0951 e. The van der Waals surface area contributed by atoms with Crippen LogP contribution in [-0.4, -0.2) is 28.8 Å². The maximum atomic E-state index is 5.36. The van der Waals surface area contributed by atoms with E-state index in [0.29, 0.717) is 12.1 Å². The van der Waals surface area contributed by atoms with Crippen LogP contribution < -0.4 is 5.32 Å². The Morgan fingerprint density at radius 1 is 1.44 bits per heavy atom. The molecule has 4 heteroatoms. The molecule has 0 aromatic carbocycles. The van der Waals surface area contributed by atoms with Crippen LogP contribution in [-0.2, 0) is 11.3 Å². The minimum absolute atomic E-state index is 0.371. The molecule has 0 spiro atoms. The molecular formula is C12H23N3O. The van der Waals surface area contributed by atoms with Gasteiger partial charge in [0.05, 0.1) is 18.6 Å². The molecule has 0 saturated heterocycles. The highest BCUT2D eigenvalue weighted by atomic mass is 16.5. The lowest BCUT2D eigenvalue weighted by Gasteiger charge is -2.16. The summed E-state index contributed by atoms with van der Waals surface area (Å²) in [5.41, 5.74) is 1.22. The van der Waals surface area contributed by atoms with Crippen LogP contribution in [0, 0.1) is 0 Å². The first-order valence-electron chi connectivity index (χ1n) is 5.97. The van der Waals surface area contributed by atoms with E-state index in [0.717, 1.165) is 19.8 Å². The molecule has 1 unspecified atom stereocenters. The van der Waals surface area contributed by atoms with Crippen molar-refractivity contribution in [2.45, 2.75) is 46.3 Å². The lowest BCUT2D eigenvalue weighted by Crippen LogP contribution is -2.31. The minimum atomic E-state index is 0.371. The number of hydrogen-bond acceptors (Lipinski definition) is 3. The summed E-state index contributed by atoms with van der Waals surface area (Å²) in [4.78, 5) is 4.18. The molecule has 0 amide bonds. The van der Waals surface area contributed by atoms with Gasteiger partial charge in [-0.15, -0.1) is 0 Å². The molecule has 0 radical (unpaired) electrons. The molecule has 1 aromatic rings. The Bertz CT molecular complexity index is 296. The van der Waals surface area contributed by atoms with E-state index in [9.17, 15) is 0 Å². The highest BCUT2D eigenvalue weighted by Crippen LogP contribution is 2.08. The summed E-state index contributed by atoms with van der Waals surface area (Å²) < 4.78 is 7.54. The molecule has 0 fully saturated rings. The second kappa shape index (κ2) is 6.66. The maximum absolute atomic E-state index is 5.36. The quantitative estimate of drug-likeness (QED) is 0.771. The van der Waals surface area contributed by atoms with Gasteiger partial charge in [0.15, 0.2) is 0 Å². The van der Waals surface area contributed by atoms with Crippen molar-refractivity contribution in [1.82, 2.24) is 14.9 Å². The van der Waals surface area contributed by atoms with Crippen molar-refractivity contribution < 1.29 is 4.74 Å². The van der Waals surface area contributed by atoms with Crippen molar-refractivity contribution in [3.8, 4) is 0 Å². The number of ether oxygens (including phenoxy) is 1. The van der Waals surface area contributed by atoms with Crippen molar-refractivity contribution in [3.05, 3.63) is 18.2 Å². The first kappa shape index (κ1) is 13.2. The van der Waals surface area contributed by atoms with E-state index in [1.807, 2.05) is 19.4 Å². The molecule has 4 nitrogen and oxygen atoms in total. The van der Waals surface area contributed by atoms with Gasteiger partial charge in [-0.25, -0.2) is 4.98 Å². The Morgan fingerprint density at radius 2 is 2.19 bits per heavy atom. The van der Waals surface area contributed by atoms with E-state index in [1.54, 1.807) is 0 Å². The maximum Gasteiger partial charge on any atom is 0.0951 e. The predicted molar refractivity (Wildman–Crippen MR) is 65.4 cm³/mol. The van der Waals surface area contributed by atoms with Crippen molar-refractivity contribution in [2.75, 3.05) is 13.2 Å². The predicted octanol–water partition coefficient (Wildman–Crippen LogP) is 1.98. The first-order chi connectivity index (χ1) is 7.65. The van der Waals surface area contributed by atoms with Gasteiger partial charge in [-0.2, -0.15) is 0 Å². The molecule has 0 bridgehead atoms. The van der Waals surface area contributed by atoms with Crippen LogP contribution in [0.3, 0.4) is 0 Å². The van der Waals surface area contributed by atoms with Crippen LogP contribution in [0.2, 0.25) is 0 Å². The fraction of sp³-hybridized carbons (Fsp3) is 0.750. The summed E-state index contributed by atoms with van der Waals surface area (Å²) >= 11 is 0.